The van der Waals surface area contributed by atoms with Gasteiger partial charge in [-0.25, -0.2) is 0 Å². The Balaban J connectivity index is 1.34. The molecule has 17 unspecified atom stereocenters. The number of rotatable bonds is 72. The third-order valence-corrected chi connectivity index (χ3v) is 21.9. The number of nitrogens with one attached hydrogen (secondary N) is 1. The second kappa shape index (κ2) is 70.9. The standard InChI is InChI=1S/C92H163NO18/c1-3-5-7-9-11-13-15-17-19-21-23-25-27-29-31-33-35-37-39-41-43-45-47-49-51-53-55-57-59-61-63-65-67-69-76(97)75(74-106-90-86(104)83(101)88(78(72-95)108-90)111-92-87(105)84(102)89(79(73-96)109-92)110-91-85(103)82(100)81(99)77(71-94)107-91)93-80(98)70-68-66-64-62-60-58-56-54-52-50-48-46-44-42-40-38-36-34-32-30-28-26-24-22-20-18-16-14-12-10-8-6-4-2/h6,8,12,14,18,20,24,26,30,32,36,38,59,61,67,69,75-79,81-92,94-97,99-105H,3-5,7,9-11,13,15-17,19,21-23,25,27-29,31,33-35,37,39-58,60,62-66,68,70-74H2,1-2H3,(H,93,98)/b8-6-,14-12-,20-18-,26-24-,32-30-,38-36-,61-59+,69-67+. The van der Waals surface area contributed by atoms with Gasteiger partial charge in [0, 0.05) is 6.42 Å². The summed E-state index contributed by atoms with van der Waals surface area (Å²) in [5.41, 5.74) is 0. The van der Waals surface area contributed by atoms with E-state index in [2.05, 4.69) is 104 Å². The zero-order valence-corrected chi connectivity index (χ0v) is 69.4. The van der Waals surface area contributed by atoms with Crippen LogP contribution in [0.25, 0.3) is 0 Å². The van der Waals surface area contributed by atoms with Gasteiger partial charge < -0.3 is 89.9 Å². The molecule has 17 atom stereocenters. The van der Waals surface area contributed by atoms with Crippen LogP contribution in [0.2, 0.25) is 0 Å². The SMILES string of the molecule is CC/C=C\C/C=C\C/C=C\C/C=C\C/C=C\C/C=C\CCCCCCCCCCCCCCCCC(=O)NC(COC1OC(CO)C(OC2OC(CO)C(OC3OC(CO)C(O)C(O)C3O)C(O)C2O)C(O)C1O)C(O)/C=C/CC/C=C/CCCCCCCCCCCCCCCCCCCCCCCCCCCCC. The van der Waals surface area contributed by atoms with Gasteiger partial charge in [0.15, 0.2) is 18.9 Å². The summed E-state index contributed by atoms with van der Waals surface area (Å²) in [6.07, 6.45) is 71.3. The number of hydrogen-bond acceptors (Lipinski definition) is 18. The Bertz CT molecular complexity index is 2380. The Hall–Kier alpha value is -3.29. The van der Waals surface area contributed by atoms with E-state index >= 15 is 0 Å². The lowest BCUT2D eigenvalue weighted by Gasteiger charge is -2.48. The van der Waals surface area contributed by atoms with Crippen molar-refractivity contribution in [3.05, 3.63) is 97.2 Å². The highest BCUT2D eigenvalue weighted by Gasteiger charge is 2.54. The minimum atomic E-state index is -1.99. The van der Waals surface area contributed by atoms with Gasteiger partial charge >= 0.3 is 0 Å². The minimum absolute atomic E-state index is 0.230. The molecule has 19 heteroatoms. The Morgan fingerprint density at radius 2 is 0.631 bits per heavy atom. The van der Waals surface area contributed by atoms with Gasteiger partial charge in [-0.2, -0.15) is 0 Å². The van der Waals surface area contributed by atoms with Crippen LogP contribution in [0, 0.1) is 0 Å². The fourth-order valence-electron chi connectivity index (χ4n) is 14.7. The first kappa shape index (κ1) is 102. The van der Waals surface area contributed by atoms with E-state index in [1.165, 1.54) is 231 Å². The van der Waals surface area contributed by atoms with Crippen molar-refractivity contribution in [2.24, 2.45) is 0 Å². The normalized spacial score (nSPS) is 25.5. The summed E-state index contributed by atoms with van der Waals surface area (Å²) in [5.74, 6) is -0.285. The molecule has 0 spiro atoms. The van der Waals surface area contributed by atoms with Crippen LogP contribution < -0.4 is 5.32 Å². The third-order valence-electron chi connectivity index (χ3n) is 21.9. The van der Waals surface area contributed by atoms with E-state index < -0.39 is 124 Å². The molecule has 1 amide bonds. The molecule has 3 fully saturated rings. The monoisotopic (exact) mass is 1570 g/mol. The van der Waals surface area contributed by atoms with Gasteiger partial charge in [0.2, 0.25) is 5.91 Å². The molecule has 0 radical (unpaired) electrons. The first-order valence-electron chi connectivity index (χ1n) is 45.0. The minimum Gasteiger partial charge on any atom is -0.394 e. The van der Waals surface area contributed by atoms with E-state index in [0.29, 0.717) is 12.8 Å². The molecular weight excluding hydrogens is 1410 g/mol. The number of carbonyl (C=O) groups excluding carboxylic acids is 1. The van der Waals surface area contributed by atoms with Crippen LogP contribution in [0.4, 0.5) is 0 Å². The van der Waals surface area contributed by atoms with E-state index in [4.69, 9.17) is 28.4 Å². The van der Waals surface area contributed by atoms with E-state index in [0.717, 1.165) is 83.5 Å². The predicted octanol–water partition coefficient (Wildman–Crippen LogP) is 17.1. The Kier molecular flexibility index (Phi) is 65.1. The zero-order chi connectivity index (χ0) is 80.3. The van der Waals surface area contributed by atoms with Crippen molar-refractivity contribution in [1.29, 1.82) is 0 Å². The number of amides is 1. The van der Waals surface area contributed by atoms with Gasteiger partial charge in [0.05, 0.1) is 38.6 Å². The number of carbonyl (C=O) groups is 1. The average Bonchev–Trinajstić information content (AvgIpc) is 0.780. The molecule has 0 saturated carbocycles. The van der Waals surface area contributed by atoms with Crippen LogP contribution in [0.3, 0.4) is 0 Å². The second-order valence-electron chi connectivity index (χ2n) is 31.7. The van der Waals surface area contributed by atoms with Gasteiger partial charge in [0.25, 0.3) is 0 Å². The predicted molar refractivity (Wildman–Crippen MR) is 447 cm³/mol. The lowest BCUT2D eigenvalue weighted by Crippen LogP contribution is -2.66. The van der Waals surface area contributed by atoms with Crippen LogP contribution in [-0.4, -0.2) is 193 Å². The topological polar surface area (TPSA) is 307 Å². The van der Waals surface area contributed by atoms with E-state index in [-0.39, 0.29) is 18.9 Å². The average molecular weight is 1570 g/mol. The number of unbranched alkanes of at least 4 members (excludes halogenated alkanes) is 42. The number of hydrogen-bond donors (Lipinski definition) is 12. The van der Waals surface area contributed by atoms with E-state index in [1.54, 1.807) is 6.08 Å². The maximum Gasteiger partial charge on any atom is 0.220 e. The maximum absolute atomic E-state index is 13.5. The molecule has 0 aliphatic carbocycles. The van der Waals surface area contributed by atoms with Gasteiger partial charge in [-0.3, -0.25) is 4.79 Å². The Morgan fingerprint density at radius 1 is 0.333 bits per heavy atom. The molecule has 3 saturated heterocycles. The van der Waals surface area contributed by atoms with Crippen LogP contribution in [0.15, 0.2) is 97.2 Å². The van der Waals surface area contributed by atoms with Crippen LogP contribution in [-0.2, 0) is 33.2 Å². The van der Waals surface area contributed by atoms with Crippen molar-refractivity contribution in [2.75, 3.05) is 26.4 Å². The highest BCUT2D eigenvalue weighted by molar-refractivity contribution is 5.76. The third kappa shape index (κ3) is 49.5. The summed E-state index contributed by atoms with van der Waals surface area (Å²) in [7, 11) is 0. The summed E-state index contributed by atoms with van der Waals surface area (Å²) in [5, 5.41) is 121. The van der Waals surface area contributed by atoms with Crippen LogP contribution in [0.1, 0.15) is 348 Å². The first-order valence-corrected chi connectivity index (χ1v) is 45.0. The van der Waals surface area contributed by atoms with E-state index in [9.17, 15) is 61.0 Å². The molecule has 644 valence electrons. The smallest absolute Gasteiger partial charge is 0.220 e. The number of ether oxygens (including phenoxy) is 6. The molecule has 3 heterocycles. The summed E-state index contributed by atoms with van der Waals surface area (Å²) in [6, 6.07) is -0.998. The van der Waals surface area contributed by atoms with Gasteiger partial charge in [0.1, 0.15) is 73.2 Å². The van der Waals surface area contributed by atoms with Crippen molar-refractivity contribution in [3.63, 3.8) is 0 Å². The largest absolute Gasteiger partial charge is 0.394 e. The second-order valence-corrected chi connectivity index (χ2v) is 31.7. The molecule has 0 aromatic rings. The van der Waals surface area contributed by atoms with Gasteiger partial charge in [-0.15, -0.1) is 0 Å². The highest BCUT2D eigenvalue weighted by atomic mass is 16.8. The number of allylic oxidation sites excluding steroid dienone is 15. The first-order chi connectivity index (χ1) is 54.3. The Labute approximate surface area is 673 Å². The van der Waals surface area contributed by atoms with Crippen molar-refractivity contribution in [1.82, 2.24) is 5.32 Å². The summed E-state index contributed by atoms with van der Waals surface area (Å²) < 4.78 is 34.5. The molecule has 3 aliphatic rings. The van der Waals surface area contributed by atoms with Gasteiger partial charge in [-0.1, -0.05) is 355 Å². The van der Waals surface area contributed by atoms with Crippen LogP contribution in [0.5, 0.6) is 0 Å². The van der Waals surface area contributed by atoms with Gasteiger partial charge in [-0.05, 0) is 83.5 Å². The molecule has 0 aromatic heterocycles. The zero-order valence-electron chi connectivity index (χ0n) is 69.4. The molecule has 0 bridgehead atoms. The molecule has 0 aromatic carbocycles. The molecule has 3 aliphatic heterocycles. The molecular formula is C92H163NO18. The molecule has 111 heavy (non-hydrogen) atoms. The van der Waals surface area contributed by atoms with Crippen LogP contribution >= 0.6 is 0 Å². The van der Waals surface area contributed by atoms with Crippen molar-refractivity contribution in [3.8, 4) is 0 Å². The molecule has 19 nitrogen and oxygen atoms in total. The highest BCUT2D eigenvalue weighted by Crippen LogP contribution is 2.33. The summed E-state index contributed by atoms with van der Waals surface area (Å²) >= 11 is 0. The molecule has 12 N–H and O–H groups in total. The van der Waals surface area contributed by atoms with Crippen molar-refractivity contribution in [2.45, 2.75) is 452 Å². The number of aliphatic hydroxyl groups excluding tert-OH is 11. The summed E-state index contributed by atoms with van der Waals surface area (Å²) in [4.78, 5) is 13.5. The molecule has 3 rings (SSSR count). The lowest BCUT2D eigenvalue weighted by molar-refractivity contribution is -0.379. The fourth-order valence-corrected chi connectivity index (χ4v) is 14.7. The summed E-state index contributed by atoms with van der Waals surface area (Å²) in [6.45, 7) is 1.65. The fraction of sp³-hybridized carbons (Fsp3) is 0.815. The lowest BCUT2D eigenvalue weighted by atomic mass is 9.96. The van der Waals surface area contributed by atoms with Crippen molar-refractivity contribution >= 4 is 5.91 Å². The quantitative estimate of drug-likeness (QED) is 0.0199. The van der Waals surface area contributed by atoms with Crippen molar-refractivity contribution < 1.29 is 89.4 Å². The maximum atomic E-state index is 13.5. The Morgan fingerprint density at radius 3 is 1.01 bits per heavy atom. The van der Waals surface area contributed by atoms with E-state index in [1.807, 2.05) is 6.08 Å². The number of aliphatic hydroxyl groups is 11.